The maximum Gasteiger partial charge on any atom is 0.191 e. The maximum atomic E-state index is 5.98. The molecule has 1 aromatic heterocycles. The highest BCUT2D eigenvalue weighted by molar-refractivity contribution is 14.0. The Balaban J connectivity index is 0.00000312. The van der Waals surface area contributed by atoms with Crippen LogP contribution in [0.4, 0.5) is 0 Å². The zero-order valence-electron chi connectivity index (χ0n) is 15.0. The molecule has 1 atom stereocenters. The lowest BCUT2D eigenvalue weighted by molar-refractivity contribution is 0.298. The van der Waals surface area contributed by atoms with Crippen molar-refractivity contribution < 1.29 is 0 Å². The molecule has 0 saturated heterocycles. The van der Waals surface area contributed by atoms with Gasteiger partial charge in [-0.3, -0.25) is 9.67 Å². The largest absolute Gasteiger partial charge is 0.354 e. The van der Waals surface area contributed by atoms with E-state index in [0.717, 1.165) is 23.2 Å². The van der Waals surface area contributed by atoms with Crippen molar-refractivity contribution in [2.45, 2.75) is 12.6 Å². The second-order valence-electron chi connectivity index (χ2n) is 5.78. The molecular weight excluding hydrogens is 451 g/mol. The van der Waals surface area contributed by atoms with Gasteiger partial charge in [-0.15, -0.1) is 24.0 Å². The molecule has 6 nitrogen and oxygen atoms in total. The van der Waals surface area contributed by atoms with E-state index in [-0.39, 0.29) is 30.0 Å². The lowest BCUT2D eigenvalue weighted by atomic mass is 10.1. The molecule has 138 valence electrons. The van der Waals surface area contributed by atoms with Gasteiger partial charge in [0.15, 0.2) is 5.96 Å². The number of aliphatic imine (C=N–C) groups is 1. The van der Waals surface area contributed by atoms with Crippen LogP contribution >= 0.6 is 35.6 Å². The van der Waals surface area contributed by atoms with Crippen molar-refractivity contribution in [3.8, 4) is 0 Å². The first kappa shape index (κ1) is 21.7. The summed E-state index contributed by atoms with van der Waals surface area (Å²) < 4.78 is 1.84. The molecule has 0 saturated carbocycles. The Bertz CT molecular complexity index is 668. The van der Waals surface area contributed by atoms with E-state index in [0.29, 0.717) is 6.54 Å². The minimum Gasteiger partial charge on any atom is -0.354 e. The summed E-state index contributed by atoms with van der Waals surface area (Å²) in [6, 6.07) is 10.2. The third-order valence-corrected chi connectivity index (χ3v) is 4.18. The monoisotopic (exact) mass is 476 g/mol. The summed E-state index contributed by atoms with van der Waals surface area (Å²) in [5.74, 6) is 0.761. The Morgan fingerprint density at radius 2 is 1.92 bits per heavy atom. The molecule has 1 heterocycles. The molecule has 2 rings (SSSR count). The van der Waals surface area contributed by atoms with Crippen molar-refractivity contribution in [2.24, 2.45) is 12.0 Å². The first-order valence-electron chi connectivity index (χ1n) is 7.84. The van der Waals surface area contributed by atoms with Gasteiger partial charge in [0.05, 0.1) is 18.3 Å². The number of nitrogens with one attached hydrogen (secondary N) is 2. The van der Waals surface area contributed by atoms with E-state index in [1.807, 2.05) is 29.9 Å². The van der Waals surface area contributed by atoms with Gasteiger partial charge in [0.1, 0.15) is 0 Å². The van der Waals surface area contributed by atoms with E-state index in [9.17, 15) is 0 Å². The molecule has 0 spiro atoms. The standard InChI is InChI=1S/C17H25ClN6.HI/c1-19-17(20-11-15-9-10-22-24(15)4)21-12-16(23(2)3)13-5-7-14(18)8-6-13;/h5-10,16H,11-12H2,1-4H3,(H2,19,20,21);1H. The van der Waals surface area contributed by atoms with Crippen LogP contribution in [0.1, 0.15) is 17.3 Å². The van der Waals surface area contributed by atoms with Crippen LogP contribution in [0.2, 0.25) is 5.02 Å². The Kier molecular flexibility index (Phi) is 9.23. The lowest BCUT2D eigenvalue weighted by Crippen LogP contribution is -2.41. The third kappa shape index (κ3) is 6.48. The molecule has 0 aliphatic rings. The first-order chi connectivity index (χ1) is 11.5. The van der Waals surface area contributed by atoms with Crippen LogP contribution < -0.4 is 10.6 Å². The molecule has 1 unspecified atom stereocenters. The fourth-order valence-corrected chi connectivity index (χ4v) is 2.57. The first-order valence-corrected chi connectivity index (χ1v) is 8.22. The Morgan fingerprint density at radius 1 is 1.24 bits per heavy atom. The van der Waals surface area contributed by atoms with E-state index in [1.54, 1.807) is 13.2 Å². The lowest BCUT2D eigenvalue weighted by Gasteiger charge is -2.26. The predicted octanol–water partition coefficient (Wildman–Crippen LogP) is 2.66. The highest BCUT2D eigenvalue weighted by Gasteiger charge is 2.14. The van der Waals surface area contributed by atoms with Gasteiger partial charge in [-0.05, 0) is 37.9 Å². The SMILES string of the molecule is CN=C(NCc1ccnn1C)NCC(c1ccc(Cl)cc1)N(C)C.I. The zero-order valence-corrected chi connectivity index (χ0v) is 18.1. The summed E-state index contributed by atoms with van der Waals surface area (Å²) in [5.41, 5.74) is 2.30. The van der Waals surface area contributed by atoms with Crippen LogP contribution in [-0.2, 0) is 13.6 Å². The summed E-state index contributed by atoms with van der Waals surface area (Å²) in [4.78, 5) is 6.45. The minimum atomic E-state index is 0. The summed E-state index contributed by atoms with van der Waals surface area (Å²) in [7, 11) is 7.82. The minimum absolute atomic E-state index is 0. The van der Waals surface area contributed by atoms with Crippen LogP contribution in [0.25, 0.3) is 0 Å². The molecule has 0 aliphatic carbocycles. The van der Waals surface area contributed by atoms with Gasteiger partial charge in [0.2, 0.25) is 0 Å². The van der Waals surface area contributed by atoms with Gasteiger partial charge in [-0.1, -0.05) is 23.7 Å². The third-order valence-electron chi connectivity index (χ3n) is 3.92. The van der Waals surface area contributed by atoms with E-state index in [1.165, 1.54) is 5.56 Å². The molecule has 25 heavy (non-hydrogen) atoms. The molecule has 0 fully saturated rings. The number of aryl methyl sites for hydroxylation is 1. The molecule has 2 aromatic rings. The highest BCUT2D eigenvalue weighted by atomic mass is 127. The van der Waals surface area contributed by atoms with Crippen LogP contribution in [-0.4, -0.2) is 48.3 Å². The maximum absolute atomic E-state index is 5.98. The van der Waals surface area contributed by atoms with E-state index >= 15 is 0 Å². The average molecular weight is 477 g/mol. The number of hydrogen-bond donors (Lipinski definition) is 2. The van der Waals surface area contributed by atoms with Crippen molar-refractivity contribution in [3.05, 3.63) is 52.8 Å². The number of rotatable bonds is 6. The summed E-state index contributed by atoms with van der Waals surface area (Å²) >= 11 is 5.98. The fraction of sp³-hybridized carbons (Fsp3) is 0.412. The van der Waals surface area contributed by atoms with E-state index in [4.69, 9.17) is 11.6 Å². The Morgan fingerprint density at radius 3 is 2.44 bits per heavy atom. The van der Waals surface area contributed by atoms with Crippen molar-refractivity contribution in [3.63, 3.8) is 0 Å². The number of aromatic nitrogens is 2. The molecule has 0 aliphatic heterocycles. The normalized spacial score (nSPS) is 12.6. The molecule has 0 bridgehead atoms. The number of hydrogen-bond acceptors (Lipinski definition) is 3. The molecule has 0 amide bonds. The number of likely N-dealkylation sites (N-methyl/N-ethyl adjacent to an activating group) is 1. The average Bonchev–Trinajstić information content (AvgIpc) is 2.97. The number of halogens is 2. The molecule has 1 aromatic carbocycles. The number of guanidine groups is 1. The smallest absolute Gasteiger partial charge is 0.191 e. The Hall–Kier alpha value is -1.32. The van der Waals surface area contributed by atoms with Gasteiger partial charge >= 0.3 is 0 Å². The second kappa shape index (κ2) is 10.6. The van der Waals surface area contributed by atoms with Crippen LogP contribution in [0.5, 0.6) is 0 Å². The van der Waals surface area contributed by atoms with E-state index < -0.39 is 0 Å². The second-order valence-corrected chi connectivity index (χ2v) is 6.22. The van der Waals surface area contributed by atoms with Crippen molar-refractivity contribution in [1.82, 2.24) is 25.3 Å². The summed E-state index contributed by atoms with van der Waals surface area (Å²) in [6.45, 7) is 1.41. The van der Waals surface area contributed by atoms with Gasteiger partial charge in [-0.25, -0.2) is 0 Å². The van der Waals surface area contributed by atoms with Crippen molar-refractivity contribution in [1.29, 1.82) is 0 Å². The van der Waals surface area contributed by atoms with Crippen LogP contribution in [0.3, 0.4) is 0 Å². The van der Waals surface area contributed by atoms with Gasteiger partial charge in [0.25, 0.3) is 0 Å². The van der Waals surface area contributed by atoms with Crippen molar-refractivity contribution >= 4 is 41.5 Å². The predicted molar refractivity (Wildman–Crippen MR) is 115 cm³/mol. The Labute approximate surface area is 171 Å². The quantitative estimate of drug-likeness (QED) is 0.382. The van der Waals surface area contributed by atoms with E-state index in [2.05, 4.69) is 51.9 Å². The van der Waals surface area contributed by atoms with Crippen LogP contribution in [0, 0.1) is 0 Å². The molecule has 0 radical (unpaired) electrons. The summed E-state index contributed by atoms with van der Waals surface area (Å²) in [6.07, 6.45) is 1.79. The summed E-state index contributed by atoms with van der Waals surface area (Å²) in [5, 5.41) is 11.6. The van der Waals surface area contributed by atoms with Crippen LogP contribution in [0.15, 0.2) is 41.5 Å². The molecule has 2 N–H and O–H groups in total. The van der Waals surface area contributed by atoms with Crippen molar-refractivity contribution in [2.75, 3.05) is 27.7 Å². The number of benzene rings is 1. The zero-order chi connectivity index (χ0) is 17.5. The van der Waals surface area contributed by atoms with Gasteiger partial charge in [0, 0.05) is 31.9 Å². The number of nitrogens with zero attached hydrogens (tertiary/aromatic N) is 4. The fourth-order valence-electron chi connectivity index (χ4n) is 2.45. The highest BCUT2D eigenvalue weighted by Crippen LogP contribution is 2.19. The van der Waals surface area contributed by atoms with Gasteiger partial charge < -0.3 is 15.5 Å². The topological polar surface area (TPSA) is 57.5 Å². The molecular formula is C17H26ClIN6. The molecule has 8 heteroatoms. The van der Waals surface area contributed by atoms with Gasteiger partial charge in [-0.2, -0.15) is 5.10 Å².